The van der Waals surface area contributed by atoms with Crippen LogP contribution in [-0.4, -0.2) is 21.0 Å². The Balaban J connectivity index is 2.28. The molecule has 0 spiro atoms. The number of aromatic nitrogens is 3. The van der Waals surface area contributed by atoms with E-state index in [-0.39, 0.29) is 0 Å². The summed E-state index contributed by atoms with van der Waals surface area (Å²) in [5.74, 6) is 0.699. The van der Waals surface area contributed by atoms with Gasteiger partial charge in [-0.05, 0) is 15.9 Å². The van der Waals surface area contributed by atoms with Crippen LogP contribution in [0.25, 0.3) is 0 Å². The van der Waals surface area contributed by atoms with E-state index in [4.69, 9.17) is 5.73 Å². The van der Waals surface area contributed by atoms with Gasteiger partial charge in [0.2, 0.25) is 0 Å². The van der Waals surface area contributed by atoms with Crippen LogP contribution < -0.4 is 5.73 Å². The maximum Gasteiger partial charge on any atom is 0.271 e. The van der Waals surface area contributed by atoms with Crippen molar-refractivity contribution in [1.29, 1.82) is 0 Å². The number of rotatable bonds is 2. The van der Waals surface area contributed by atoms with Crippen LogP contribution in [0.3, 0.4) is 0 Å². The number of hydrogen-bond donors (Lipinski definition) is 2. The molecule has 0 aliphatic heterocycles. The van der Waals surface area contributed by atoms with E-state index in [1.54, 1.807) is 0 Å². The first kappa shape index (κ1) is 9.85. The Kier molecular flexibility index (Phi) is 2.77. The highest BCUT2D eigenvalue weighted by atomic mass is 79.9. The minimum absolute atomic E-state index is 0.309. The molecule has 1 heterocycles. The molecule has 0 fully saturated rings. The van der Waals surface area contributed by atoms with Crippen LogP contribution in [0.5, 0.6) is 0 Å². The second-order valence-electron chi connectivity index (χ2n) is 2.79. The van der Waals surface area contributed by atoms with E-state index in [2.05, 4.69) is 36.1 Å². The zero-order valence-electron chi connectivity index (χ0n) is 7.68. The first-order valence-corrected chi connectivity index (χ1v) is 5.02. The standard InChI is InChI=1S/C9H8BrN5/c10-8-13-9(15-14-8)12-7(11)6-4-2-1-3-5-6/h1-5H,(H3,11,12,13,14,15). The van der Waals surface area contributed by atoms with Crippen LogP contribution in [0.1, 0.15) is 5.56 Å². The van der Waals surface area contributed by atoms with Crippen LogP contribution in [0, 0.1) is 0 Å². The molecule has 1 aromatic heterocycles. The van der Waals surface area contributed by atoms with Crippen LogP contribution in [0.2, 0.25) is 0 Å². The molecule has 0 saturated carbocycles. The molecule has 3 N–H and O–H groups in total. The fourth-order valence-electron chi connectivity index (χ4n) is 1.07. The molecule has 0 aliphatic carbocycles. The van der Waals surface area contributed by atoms with Gasteiger partial charge in [0.05, 0.1) is 0 Å². The first-order valence-electron chi connectivity index (χ1n) is 4.23. The van der Waals surface area contributed by atoms with Gasteiger partial charge in [-0.2, -0.15) is 9.98 Å². The quantitative estimate of drug-likeness (QED) is 0.640. The summed E-state index contributed by atoms with van der Waals surface area (Å²) in [6, 6.07) is 9.46. The van der Waals surface area contributed by atoms with E-state index in [1.807, 2.05) is 30.3 Å². The van der Waals surface area contributed by atoms with Crippen molar-refractivity contribution in [2.75, 3.05) is 0 Å². The topological polar surface area (TPSA) is 80.0 Å². The van der Waals surface area contributed by atoms with Crippen molar-refractivity contribution in [3.8, 4) is 0 Å². The van der Waals surface area contributed by atoms with Crippen molar-refractivity contribution < 1.29 is 0 Å². The third kappa shape index (κ3) is 2.41. The highest BCUT2D eigenvalue weighted by Gasteiger charge is 2.01. The lowest BCUT2D eigenvalue weighted by Crippen LogP contribution is -2.12. The van der Waals surface area contributed by atoms with Gasteiger partial charge in [0.15, 0.2) is 4.73 Å². The lowest BCUT2D eigenvalue weighted by atomic mass is 10.2. The molecule has 15 heavy (non-hydrogen) atoms. The van der Waals surface area contributed by atoms with E-state index in [9.17, 15) is 0 Å². The van der Waals surface area contributed by atoms with Gasteiger partial charge in [-0.25, -0.2) is 0 Å². The lowest BCUT2D eigenvalue weighted by molar-refractivity contribution is 1.06. The van der Waals surface area contributed by atoms with E-state index >= 15 is 0 Å². The molecule has 6 heteroatoms. The van der Waals surface area contributed by atoms with Crippen molar-refractivity contribution in [3.05, 3.63) is 40.6 Å². The number of halogens is 1. The molecule has 2 aromatic rings. The predicted molar refractivity (Wildman–Crippen MR) is 60.9 cm³/mol. The summed E-state index contributed by atoms with van der Waals surface area (Å²) in [6.07, 6.45) is 0. The molecule has 2 rings (SSSR count). The molecule has 76 valence electrons. The molecule has 0 atom stereocenters. The fraction of sp³-hybridized carbons (Fsp3) is 0. The lowest BCUT2D eigenvalue weighted by Gasteiger charge is -1.97. The van der Waals surface area contributed by atoms with Crippen LogP contribution in [0.15, 0.2) is 40.1 Å². The fourth-order valence-corrected chi connectivity index (χ4v) is 1.31. The van der Waals surface area contributed by atoms with Crippen LogP contribution in [-0.2, 0) is 0 Å². The summed E-state index contributed by atoms with van der Waals surface area (Å²) in [4.78, 5) is 8.02. The second-order valence-corrected chi connectivity index (χ2v) is 3.54. The van der Waals surface area contributed by atoms with Gasteiger partial charge < -0.3 is 5.73 Å². The second kappa shape index (κ2) is 4.22. The Hall–Kier alpha value is -1.69. The predicted octanol–water partition coefficient (Wildman–Crippen LogP) is 1.60. The third-order valence-corrected chi connectivity index (χ3v) is 2.09. The van der Waals surface area contributed by atoms with Gasteiger partial charge in [0.1, 0.15) is 5.84 Å². The zero-order valence-corrected chi connectivity index (χ0v) is 9.27. The first-order chi connectivity index (χ1) is 7.25. The number of aromatic amines is 1. The highest BCUT2D eigenvalue weighted by Crippen LogP contribution is 2.09. The Morgan fingerprint density at radius 3 is 2.67 bits per heavy atom. The van der Waals surface area contributed by atoms with Crippen molar-refractivity contribution in [3.63, 3.8) is 0 Å². The zero-order chi connectivity index (χ0) is 10.7. The van der Waals surface area contributed by atoms with E-state index in [1.165, 1.54) is 0 Å². The van der Waals surface area contributed by atoms with Gasteiger partial charge in [-0.15, -0.1) is 5.10 Å². The number of aliphatic imine (C=N–C) groups is 1. The average Bonchev–Trinajstić information content (AvgIpc) is 2.65. The number of nitrogens with one attached hydrogen (secondary N) is 1. The summed E-state index contributed by atoms with van der Waals surface area (Å²) >= 11 is 3.14. The minimum atomic E-state index is 0.309. The van der Waals surface area contributed by atoms with Gasteiger partial charge in [0.25, 0.3) is 5.95 Å². The molecule has 0 saturated heterocycles. The average molecular weight is 266 g/mol. The van der Waals surface area contributed by atoms with Gasteiger partial charge in [-0.3, -0.25) is 5.10 Å². The Morgan fingerprint density at radius 1 is 1.33 bits per heavy atom. The molecule has 0 bridgehead atoms. The Labute approximate surface area is 94.6 Å². The SMILES string of the molecule is NC(=Nc1n[nH]c(Br)n1)c1ccccc1. The largest absolute Gasteiger partial charge is 0.383 e. The Morgan fingerprint density at radius 2 is 2.07 bits per heavy atom. The summed E-state index contributed by atoms with van der Waals surface area (Å²) in [5, 5.41) is 6.45. The summed E-state index contributed by atoms with van der Waals surface area (Å²) < 4.78 is 0.530. The molecule has 1 aromatic carbocycles. The number of nitrogens with two attached hydrogens (primary N) is 1. The Bertz CT molecular complexity index is 476. The van der Waals surface area contributed by atoms with E-state index in [0.717, 1.165) is 5.56 Å². The summed E-state index contributed by atoms with van der Waals surface area (Å²) in [5.41, 5.74) is 6.62. The molecule has 0 amide bonds. The number of amidine groups is 1. The molecular formula is C9H8BrN5. The molecular weight excluding hydrogens is 258 g/mol. The summed E-state index contributed by atoms with van der Waals surface area (Å²) in [6.45, 7) is 0. The van der Waals surface area contributed by atoms with Crippen LogP contribution >= 0.6 is 15.9 Å². The monoisotopic (exact) mass is 265 g/mol. The van der Waals surface area contributed by atoms with Crippen molar-refractivity contribution >= 4 is 27.7 Å². The number of nitrogens with zero attached hydrogens (tertiary/aromatic N) is 3. The van der Waals surface area contributed by atoms with E-state index in [0.29, 0.717) is 16.5 Å². The smallest absolute Gasteiger partial charge is 0.271 e. The normalized spacial score (nSPS) is 11.7. The van der Waals surface area contributed by atoms with Crippen LogP contribution in [0.4, 0.5) is 5.95 Å². The molecule has 0 radical (unpaired) electrons. The van der Waals surface area contributed by atoms with Gasteiger partial charge >= 0.3 is 0 Å². The van der Waals surface area contributed by atoms with Crippen molar-refractivity contribution in [1.82, 2.24) is 15.2 Å². The highest BCUT2D eigenvalue weighted by molar-refractivity contribution is 9.10. The van der Waals surface area contributed by atoms with E-state index < -0.39 is 0 Å². The number of H-pyrrole nitrogens is 1. The molecule has 5 nitrogen and oxygen atoms in total. The molecule has 0 unspecified atom stereocenters. The van der Waals surface area contributed by atoms with Gasteiger partial charge in [0, 0.05) is 5.56 Å². The maximum atomic E-state index is 5.78. The van der Waals surface area contributed by atoms with Gasteiger partial charge in [-0.1, -0.05) is 30.3 Å². The number of benzene rings is 1. The molecule has 0 aliphatic rings. The minimum Gasteiger partial charge on any atom is -0.383 e. The van der Waals surface area contributed by atoms with Crippen molar-refractivity contribution in [2.45, 2.75) is 0 Å². The third-order valence-electron chi connectivity index (χ3n) is 1.74. The number of hydrogen-bond acceptors (Lipinski definition) is 3. The summed E-state index contributed by atoms with van der Waals surface area (Å²) in [7, 11) is 0. The van der Waals surface area contributed by atoms with Crippen molar-refractivity contribution in [2.24, 2.45) is 10.7 Å². The maximum absolute atomic E-state index is 5.78.